The minimum Gasteiger partial charge on any atom is -0.408 e. The number of benzene rings is 1. The molecule has 0 aliphatic heterocycles. The largest absolute Gasteiger partial charge is 0.419 e. The van der Waals surface area contributed by atoms with Crippen LogP contribution >= 0.6 is 11.6 Å². The highest BCUT2D eigenvalue weighted by Gasteiger charge is 2.20. The summed E-state index contributed by atoms with van der Waals surface area (Å²) in [6, 6.07) is 4.48. The van der Waals surface area contributed by atoms with E-state index in [-0.39, 0.29) is 11.1 Å². The van der Waals surface area contributed by atoms with Crippen molar-refractivity contribution in [3.05, 3.63) is 34.3 Å². The number of nitrogens with zero attached hydrogens (tertiary/aromatic N) is 1. The molecule has 1 aromatic heterocycles. The van der Waals surface area contributed by atoms with Crippen LogP contribution in [0.1, 0.15) is 24.3 Å². The highest BCUT2D eigenvalue weighted by Crippen LogP contribution is 2.29. The molecule has 2 rings (SSSR count). The monoisotopic (exact) mass is 275 g/mol. The van der Waals surface area contributed by atoms with Crippen molar-refractivity contribution in [2.45, 2.75) is 31.7 Å². The van der Waals surface area contributed by atoms with Gasteiger partial charge in [0.15, 0.2) is 5.58 Å². The van der Waals surface area contributed by atoms with Gasteiger partial charge in [-0.05, 0) is 24.1 Å². The summed E-state index contributed by atoms with van der Waals surface area (Å²) >= 11 is 5.57. The lowest BCUT2D eigenvalue weighted by Crippen LogP contribution is -2.13. The van der Waals surface area contributed by atoms with E-state index >= 15 is 0 Å². The predicted octanol–water partition coefficient (Wildman–Crippen LogP) is 3.55. The molecule has 0 aliphatic rings. The Morgan fingerprint density at radius 3 is 2.78 bits per heavy atom. The third kappa shape index (κ3) is 2.27. The molecule has 18 heavy (non-hydrogen) atoms. The molecule has 98 valence electrons. The molecule has 0 bridgehead atoms. The second kappa shape index (κ2) is 5.10. The van der Waals surface area contributed by atoms with Gasteiger partial charge in [0.05, 0.1) is 5.52 Å². The maximum Gasteiger partial charge on any atom is 0.419 e. The Morgan fingerprint density at radius 1 is 1.44 bits per heavy atom. The SMILES string of the molecule is CCCn1c(=O)oc2cc(C(Cl)C(F)F)ccc21. The maximum absolute atomic E-state index is 12.5. The Bertz CT molecular complexity index is 606. The fourth-order valence-corrected chi connectivity index (χ4v) is 1.97. The molecule has 0 spiro atoms. The van der Waals surface area contributed by atoms with E-state index in [0.29, 0.717) is 12.1 Å². The Hall–Kier alpha value is -1.36. The molecule has 1 heterocycles. The van der Waals surface area contributed by atoms with E-state index in [4.69, 9.17) is 16.0 Å². The van der Waals surface area contributed by atoms with E-state index in [1.165, 1.54) is 16.7 Å². The molecular formula is C12H12ClF2NO2. The van der Waals surface area contributed by atoms with E-state index in [1.807, 2.05) is 6.92 Å². The van der Waals surface area contributed by atoms with Gasteiger partial charge in [0, 0.05) is 6.54 Å². The van der Waals surface area contributed by atoms with Gasteiger partial charge in [-0.15, -0.1) is 11.6 Å². The van der Waals surface area contributed by atoms with Gasteiger partial charge in [0.1, 0.15) is 5.38 Å². The molecule has 0 fully saturated rings. The summed E-state index contributed by atoms with van der Waals surface area (Å²) in [4.78, 5) is 11.6. The number of hydrogen-bond acceptors (Lipinski definition) is 2. The molecule has 1 aromatic carbocycles. The summed E-state index contributed by atoms with van der Waals surface area (Å²) in [6.07, 6.45) is -1.88. The molecule has 2 aromatic rings. The van der Waals surface area contributed by atoms with Gasteiger partial charge in [0.25, 0.3) is 6.43 Å². The molecule has 0 amide bonds. The first-order valence-corrected chi connectivity index (χ1v) is 6.03. The first kappa shape index (κ1) is 13.1. The standard InChI is InChI=1S/C12H12ClF2NO2/c1-2-5-16-8-4-3-7(10(13)11(14)15)6-9(8)18-12(16)17/h3-4,6,10-11H,2,5H2,1H3. The number of oxazole rings is 1. The zero-order valence-corrected chi connectivity index (χ0v) is 10.5. The average molecular weight is 276 g/mol. The second-order valence-corrected chi connectivity index (χ2v) is 4.45. The molecule has 1 atom stereocenters. The fourth-order valence-electron chi connectivity index (χ4n) is 1.84. The molecule has 0 saturated carbocycles. The summed E-state index contributed by atoms with van der Waals surface area (Å²) in [6.45, 7) is 2.47. The van der Waals surface area contributed by atoms with Crippen molar-refractivity contribution in [2.24, 2.45) is 0 Å². The summed E-state index contributed by atoms with van der Waals surface area (Å²) in [5.74, 6) is -0.479. The summed E-state index contributed by atoms with van der Waals surface area (Å²) in [7, 11) is 0. The number of aryl methyl sites for hydroxylation is 1. The lowest BCUT2D eigenvalue weighted by Gasteiger charge is -2.08. The molecule has 0 saturated heterocycles. The van der Waals surface area contributed by atoms with E-state index in [2.05, 4.69) is 0 Å². The lowest BCUT2D eigenvalue weighted by atomic mass is 10.1. The van der Waals surface area contributed by atoms with Crippen LogP contribution in [0.15, 0.2) is 27.4 Å². The summed E-state index contributed by atoms with van der Waals surface area (Å²) in [5.41, 5.74) is 1.14. The van der Waals surface area contributed by atoms with Gasteiger partial charge in [-0.1, -0.05) is 13.0 Å². The number of fused-ring (bicyclic) bond motifs is 1. The quantitative estimate of drug-likeness (QED) is 0.800. The van der Waals surface area contributed by atoms with Gasteiger partial charge in [-0.25, -0.2) is 13.6 Å². The second-order valence-electron chi connectivity index (χ2n) is 3.98. The van der Waals surface area contributed by atoms with E-state index < -0.39 is 17.6 Å². The van der Waals surface area contributed by atoms with Gasteiger partial charge >= 0.3 is 5.76 Å². The molecular weight excluding hydrogens is 264 g/mol. The number of halogens is 3. The Labute approximate surface area is 107 Å². The third-order valence-corrected chi connectivity index (χ3v) is 3.12. The minimum atomic E-state index is -2.66. The zero-order chi connectivity index (χ0) is 13.3. The number of rotatable bonds is 4. The Morgan fingerprint density at radius 2 is 2.17 bits per heavy atom. The molecule has 0 radical (unpaired) electrons. The number of hydrogen-bond donors (Lipinski definition) is 0. The summed E-state index contributed by atoms with van der Waals surface area (Å²) < 4.78 is 31.5. The van der Waals surface area contributed by atoms with Crippen LogP contribution in [0, 0.1) is 0 Å². The topological polar surface area (TPSA) is 35.1 Å². The van der Waals surface area contributed by atoms with Crippen LogP contribution in [-0.4, -0.2) is 11.0 Å². The van der Waals surface area contributed by atoms with E-state index in [1.54, 1.807) is 6.07 Å². The van der Waals surface area contributed by atoms with Crippen molar-refractivity contribution >= 4 is 22.7 Å². The van der Waals surface area contributed by atoms with Crippen LogP contribution in [0.25, 0.3) is 11.1 Å². The van der Waals surface area contributed by atoms with Gasteiger partial charge in [-0.2, -0.15) is 0 Å². The Kier molecular flexibility index (Phi) is 3.71. The van der Waals surface area contributed by atoms with Crippen LogP contribution in [-0.2, 0) is 6.54 Å². The van der Waals surface area contributed by atoms with Crippen LogP contribution in [0.2, 0.25) is 0 Å². The fraction of sp³-hybridized carbons (Fsp3) is 0.417. The van der Waals surface area contributed by atoms with E-state index in [9.17, 15) is 13.6 Å². The van der Waals surface area contributed by atoms with Crippen molar-refractivity contribution < 1.29 is 13.2 Å². The summed E-state index contributed by atoms with van der Waals surface area (Å²) in [5, 5.41) is -1.39. The lowest BCUT2D eigenvalue weighted by molar-refractivity contribution is 0.143. The predicted molar refractivity (Wildman–Crippen MR) is 65.4 cm³/mol. The molecule has 0 N–H and O–H groups in total. The first-order valence-electron chi connectivity index (χ1n) is 5.60. The van der Waals surface area contributed by atoms with Crippen LogP contribution in [0.5, 0.6) is 0 Å². The van der Waals surface area contributed by atoms with Crippen molar-refractivity contribution in [3.63, 3.8) is 0 Å². The van der Waals surface area contributed by atoms with Gasteiger partial charge in [0.2, 0.25) is 0 Å². The molecule has 1 unspecified atom stereocenters. The maximum atomic E-state index is 12.5. The molecule has 6 heteroatoms. The van der Waals surface area contributed by atoms with Crippen LogP contribution in [0.3, 0.4) is 0 Å². The van der Waals surface area contributed by atoms with Gasteiger partial charge < -0.3 is 4.42 Å². The number of aromatic nitrogens is 1. The molecule has 3 nitrogen and oxygen atoms in total. The Balaban J connectivity index is 2.51. The third-order valence-electron chi connectivity index (χ3n) is 2.68. The highest BCUT2D eigenvalue weighted by atomic mass is 35.5. The average Bonchev–Trinajstić information content (AvgIpc) is 2.64. The van der Waals surface area contributed by atoms with Gasteiger partial charge in [-0.3, -0.25) is 4.57 Å². The van der Waals surface area contributed by atoms with Crippen molar-refractivity contribution in [1.82, 2.24) is 4.57 Å². The normalized spacial score (nSPS) is 13.4. The zero-order valence-electron chi connectivity index (χ0n) is 9.70. The van der Waals surface area contributed by atoms with E-state index in [0.717, 1.165) is 6.42 Å². The van der Waals surface area contributed by atoms with Crippen molar-refractivity contribution in [3.8, 4) is 0 Å². The first-order chi connectivity index (χ1) is 8.54. The number of alkyl halides is 3. The van der Waals surface area contributed by atoms with Crippen molar-refractivity contribution in [2.75, 3.05) is 0 Å². The van der Waals surface area contributed by atoms with Crippen LogP contribution in [0.4, 0.5) is 8.78 Å². The molecule has 0 aliphatic carbocycles. The highest BCUT2D eigenvalue weighted by molar-refractivity contribution is 6.21. The minimum absolute atomic E-state index is 0.247. The van der Waals surface area contributed by atoms with Crippen molar-refractivity contribution in [1.29, 1.82) is 0 Å². The smallest absolute Gasteiger partial charge is 0.408 e. The van der Waals surface area contributed by atoms with Crippen LogP contribution < -0.4 is 5.76 Å².